The summed E-state index contributed by atoms with van der Waals surface area (Å²) in [4.78, 5) is 12.5. The quantitative estimate of drug-likeness (QED) is 0.449. The first-order valence-electron chi connectivity index (χ1n) is 8.30. The van der Waals surface area contributed by atoms with Crippen molar-refractivity contribution in [2.45, 2.75) is 6.92 Å². The zero-order valence-electron chi connectivity index (χ0n) is 14.1. The van der Waals surface area contributed by atoms with Gasteiger partial charge in [-0.25, -0.2) is 0 Å². The molecule has 0 saturated heterocycles. The van der Waals surface area contributed by atoms with Crippen molar-refractivity contribution in [1.82, 2.24) is 0 Å². The lowest BCUT2D eigenvalue weighted by Crippen LogP contribution is -2.11. The number of carbonyl (C=O) groups is 1. The summed E-state index contributed by atoms with van der Waals surface area (Å²) in [5.41, 5.74) is 2.81. The molecular weight excluding hydrogens is 394 g/mol. The van der Waals surface area contributed by atoms with E-state index in [1.807, 2.05) is 49.4 Å². The van der Waals surface area contributed by atoms with E-state index >= 15 is 0 Å². The van der Waals surface area contributed by atoms with Gasteiger partial charge in [0.25, 0.3) is 5.91 Å². The van der Waals surface area contributed by atoms with Gasteiger partial charge in [0.05, 0.1) is 11.1 Å². The maximum Gasteiger partial charge on any atom is 0.255 e. The smallest absolute Gasteiger partial charge is 0.255 e. The number of anilines is 1. The summed E-state index contributed by atoms with van der Waals surface area (Å²) in [5, 5.41) is 5.01. The third-order valence-electron chi connectivity index (χ3n) is 4.13. The highest BCUT2D eigenvalue weighted by molar-refractivity contribution is 9.10. The van der Waals surface area contributed by atoms with Gasteiger partial charge in [-0.05, 0) is 59.3 Å². The zero-order chi connectivity index (χ0) is 18.1. The van der Waals surface area contributed by atoms with Crippen LogP contribution < -0.4 is 10.1 Å². The summed E-state index contributed by atoms with van der Waals surface area (Å²) >= 11 is 3.43. The normalized spacial score (nSPS) is 11.0. The minimum absolute atomic E-state index is 0.191. The van der Waals surface area contributed by atoms with Crippen LogP contribution in [-0.2, 0) is 0 Å². The van der Waals surface area contributed by atoms with Gasteiger partial charge in [-0.2, -0.15) is 0 Å². The fourth-order valence-electron chi connectivity index (χ4n) is 2.92. The second-order valence-electron chi connectivity index (χ2n) is 5.84. The van der Waals surface area contributed by atoms with Crippen molar-refractivity contribution in [2.24, 2.45) is 0 Å². The Hall–Kier alpha value is -2.79. The number of hydrogen-bond acceptors (Lipinski definition) is 3. The molecule has 1 amide bonds. The molecule has 0 aliphatic heterocycles. The van der Waals surface area contributed by atoms with E-state index in [-0.39, 0.29) is 5.91 Å². The number of para-hydroxylation sites is 1. The van der Waals surface area contributed by atoms with Gasteiger partial charge in [-0.3, -0.25) is 4.79 Å². The number of carbonyl (C=O) groups excluding carboxylic acids is 1. The first-order valence-corrected chi connectivity index (χ1v) is 9.10. The lowest BCUT2D eigenvalue weighted by Gasteiger charge is -2.09. The summed E-state index contributed by atoms with van der Waals surface area (Å²) in [6, 6.07) is 18.8. The first-order chi connectivity index (χ1) is 12.7. The highest BCUT2D eigenvalue weighted by Crippen LogP contribution is 2.31. The molecule has 0 aliphatic rings. The molecule has 0 fully saturated rings. The lowest BCUT2D eigenvalue weighted by atomic mass is 10.1. The fraction of sp³-hybridized carbons (Fsp3) is 0.0952. The van der Waals surface area contributed by atoms with Gasteiger partial charge < -0.3 is 14.5 Å². The molecule has 26 heavy (non-hydrogen) atoms. The number of nitrogens with one attached hydrogen (secondary N) is 1. The molecule has 4 rings (SSSR count). The van der Waals surface area contributed by atoms with Crippen LogP contribution in [0.1, 0.15) is 17.3 Å². The van der Waals surface area contributed by atoms with E-state index in [9.17, 15) is 4.79 Å². The summed E-state index contributed by atoms with van der Waals surface area (Å²) in [7, 11) is 0. The Balaban J connectivity index is 1.61. The number of halogens is 1. The van der Waals surface area contributed by atoms with Crippen molar-refractivity contribution in [3.05, 3.63) is 70.7 Å². The maximum absolute atomic E-state index is 12.5. The van der Waals surface area contributed by atoms with Crippen LogP contribution in [0.3, 0.4) is 0 Å². The molecule has 3 aromatic carbocycles. The molecule has 0 radical (unpaired) electrons. The van der Waals surface area contributed by atoms with E-state index in [4.69, 9.17) is 9.15 Å². The van der Waals surface area contributed by atoms with Crippen molar-refractivity contribution in [1.29, 1.82) is 0 Å². The van der Waals surface area contributed by atoms with E-state index in [0.29, 0.717) is 23.6 Å². The number of hydrogen-bond donors (Lipinski definition) is 1. The summed E-state index contributed by atoms with van der Waals surface area (Å²) in [5.74, 6) is 0.525. The number of ether oxygens (including phenoxy) is 1. The van der Waals surface area contributed by atoms with Crippen LogP contribution in [0.25, 0.3) is 21.9 Å². The molecular formula is C21H16BrNO3. The third-order valence-corrected chi connectivity index (χ3v) is 4.75. The van der Waals surface area contributed by atoms with E-state index in [2.05, 4.69) is 21.2 Å². The molecule has 0 aliphatic carbocycles. The van der Waals surface area contributed by atoms with Crippen molar-refractivity contribution < 1.29 is 13.9 Å². The van der Waals surface area contributed by atoms with Gasteiger partial charge >= 0.3 is 0 Å². The van der Waals surface area contributed by atoms with Crippen LogP contribution in [0.4, 0.5) is 5.69 Å². The topological polar surface area (TPSA) is 51.5 Å². The third kappa shape index (κ3) is 3.06. The molecule has 0 spiro atoms. The van der Waals surface area contributed by atoms with Gasteiger partial charge in [-0.15, -0.1) is 0 Å². The second kappa shape index (κ2) is 6.84. The van der Waals surface area contributed by atoms with Crippen LogP contribution in [0, 0.1) is 0 Å². The van der Waals surface area contributed by atoms with Crippen molar-refractivity contribution >= 4 is 49.5 Å². The molecule has 0 bridgehead atoms. The van der Waals surface area contributed by atoms with Gasteiger partial charge in [0, 0.05) is 28.1 Å². The molecule has 0 unspecified atom stereocenters. The van der Waals surface area contributed by atoms with Crippen molar-refractivity contribution in [3.8, 4) is 5.75 Å². The van der Waals surface area contributed by atoms with Crippen molar-refractivity contribution in [3.63, 3.8) is 0 Å². The summed E-state index contributed by atoms with van der Waals surface area (Å²) in [6.07, 6.45) is 0. The minimum Gasteiger partial charge on any atom is -0.493 e. The number of fused-ring (bicyclic) bond motifs is 3. The number of furan rings is 1. The van der Waals surface area contributed by atoms with Gasteiger partial charge in [0.1, 0.15) is 16.9 Å². The van der Waals surface area contributed by atoms with Crippen LogP contribution in [0.2, 0.25) is 0 Å². The molecule has 130 valence electrons. The SMILES string of the molecule is CCOc1ccc(C(=O)Nc2ccc3c(c2)oc2ccccc23)cc1Br. The average Bonchev–Trinajstić information content (AvgIpc) is 3.01. The Labute approximate surface area is 158 Å². The van der Waals surface area contributed by atoms with Crippen LogP contribution >= 0.6 is 15.9 Å². The standard InChI is InChI=1S/C21H16BrNO3/c1-2-25-19-10-7-13(11-17(19)22)21(24)23-14-8-9-16-15-5-3-4-6-18(15)26-20(16)12-14/h3-12H,2H2,1H3,(H,23,24). The van der Waals surface area contributed by atoms with E-state index in [0.717, 1.165) is 26.4 Å². The number of amides is 1. The van der Waals surface area contributed by atoms with Crippen LogP contribution in [0.15, 0.2) is 69.6 Å². The Morgan fingerprint density at radius 2 is 1.85 bits per heavy atom. The minimum atomic E-state index is -0.191. The molecule has 0 atom stereocenters. The molecule has 1 aromatic heterocycles. The van der Waals surface area contributed by atoms with E-state index < -0.39 is 0 Å². The zero-order valence-corrected chi connectivity index (χ0v) is 15.7. The van der Waals surface area contributed by atoms with E-state index in [1.165, 1.54) is 0 Å². The Kier molecular flexibility index (Phi) is 4.39. The highest BCUT2D eigenvalue weighted by atomic mass is 79.9. The van der Waals surface area contributed by atoms with Gasteiger partial charge in [0.2, 0.25) is 0 Å². The van der Waals surface area contributed by atoms with Gasteiger partial charge in [0.15, 0.2) is 0 Å². The molecule has 5 heteroatoms. The Bertz CT molecular complexity index is 1120. The number of benzene rings is 3. The Morgan fingerprint density at radius 3 is 2.65 bits per heavy atom. The summed E-state index contributed by atoms with van der Waals surface area (Å²) in [6.45, 7) is 2.49. The monoisotopic (exact) mass is 409 g/mol. The van der Waals surface area contributed by atoms with Crippen molar-refractivity contribution in [2.75, 3.05) is 11.9 Å². The number of rotatable bonds is 4. The molecule has 1 heterocycles. The van der Waals surface area contributed by atoms with E-state index in [1.54, 1.807) is 18.2 Å². The van der Waals surface area contributed by atoms with Gasteiger partial charge in [-0.1, -0.05) is 18.2 Å². The highest BCUT2D eigenvalue weighted by Gasteiger charge is 2.11. The molecule has 4 aromatic rings. The fourth-order valence-corrected chi connectivity index (χ4v) is 3.41. The molecule has 4 nitrogen and oxygen atoms in total. The second-order valence-corrected chi connectivity index (χ2v) is 6.70. The lowest BCUT2D eigenvalue weighted by molar-refractivity contribution is 0.102. The first kappa shape index (κ1) is 16.7. The van der Waals surface area contributed by atoms with Crippen LogP contribution in [-0.4, -0.2) is 12.5 Å². The summed E-state index contributed by atoms with van der Waals surface area (Å²) < 4.78 is 12.1. The molecule has 0 saturated carbocycles. The Morgan fingerprint density at radius 1 is 1.04 bits per heavy atom. The average molecular weight is 410 g/mol. The maximum atomic E-state index is 12.5. The molecule has 1 N–H and O–H groups in total. The predicted octanol–water partition coefficient (Wildman–Crippen LogP) is 6.00. The predicted molar refractivity (Wildman–Crippen MR) is 107 cm³/mol. The largest absolute Gasteiger partial charge is 0.493 e. The van der Waals surface area contributed by atoms with Crippen LogP contribution in [0.5, 0.6) is 5.75 Å².